The maximum absolute atomic E-state index is 13.2. The fourth-order valence-corrected chi connectivity index (χ4v) is 4.96. The van der Waals surface area contributed by atoms with E-state index in [0.717, 1.165) is 23.9 Å². The summed E-state index contributed by atoms with van der Waals surface area (Å²) in [6.07, 6.45) is 2.18. The van der Waals surface area contributed by atoms with Gasteiger partial charge >= 0.3 is 0 Å². The Morgan fingerprint density at radius 2 is 1.90 bits per heavy atom. The third-order valence-corrected chi connectivity index (χ3v) is 6.68. The molecule has 0 aliphatic carbocycles. The first-order valence-corrected chi connectivity index (χ1v) is 11.9. The van der Waals surface area contributed by atoms with E-state index >= 15 is 0 Å². The van der Waals surface area contributed by atoms with Crippen LogP contribution >= 0.6 is 0 Å². The molecule has 2 heterocycles. The Morgan fingerprint density at radius 3 is 2.68 bits per heavy atom. The number of amides is 1. The molecule has 8 nitrogen and oxygen atoms in total. The summed E-state index contributed by atoms with van der Waals surface area (Å²) in [5, 5.41) is 2.91. The normalized spacial score (nSPS) is 16.8. The summed E-state index contributed by atoms with van der Waals surface area (Å²) in [7, 11) is -3.66. The van der Waals surface area contributed by atoms with Gasteiger partial charge in [-0.2, -0.15) is 0 Å². The Balaban J connectivity index is 1.66. The number of unbranched alkanes of at least 4 members (excludes halogenated alkanes) is 1. The fourth-order valence-electron chi connectivity index (χ4n) is 3.72. The van der Waals surface area contributed by atoms with Crippen LogP contribution in [0.4, 0.5) is 5.95 Å². The van der Waals surface area contributed by atoms with Gasteiger partial charge in [-0.25, -0.2) is 13.4 Å². The number of para-hydroxylation sites is 2. The number of carbonyl (C=O) groups excluding carboxylic acids is 1. The Labute approximate surface area is 181 Å². The first kappa shape index (κ1) is 21.0. The van der Waals surface area contributed by atoms with Gasteiger partial charge in [0.15, 0.2) is 0 Å². The molecule has 0 saturated heterocycles. The number of hydrogen-bond acceptors (Lipinski definition) is 5. The van der Waals surface area contributed by atoms with Crippen LogP contribution in [-0.4, -0.2) is 35.8 Å². The minimum Gasteiger partial charge on any atom is -0.310 e. The van der Waals surface area contributed by atoms with E-state index in [1.54, 1.807) is 18.2 Å². The van der Waals surface area contributed by atoms with Crippen LogP contribution in [0.3, 0.4) is 0 Å². The van der Waals surface area contributed by atoms with E-state index in [4.69, 9.17) is 0 Å². The predicted octanol–water partition coefficient (Wildman–Crippen LogP) is 3.29. The molecule has 9 heteroatoms. The quantitative estimate of drug-likeness (QED) is 0.589. The number of imidazole rings is 1. The number of aromatic nitrogens is 2. The van der Waals surface area contributed by atoms with Crippen LogP contribution in [0, 0.1) is 0 Å². The van der Waals surface area contributed by atoms with Gasteiger partial charge < -0.3 is 4.57 Å². The molecule has 1 unspecified atom stereocenters. The molecule has 0 saturated carbocycles. The van der Waals surface area contributed by atoms with Crippen LogP contribution in [-0.2, 0) is 21.4 Å². The molecule has 1 aromatic heterocycles. The van der Waals surface area contributed by atoms with E-state index in [0.29, 0.717) is 24.5 Å². The lowest BCUT2D eigenvalue weighted by atomic mass is 10.1. The number of benzene rings is 2. The Hall–Kier alpha value is -3.20. The van der Waals surface area contributed by atoms with E-state index in [-0.39, 0.29) is 16.6 Å². The van der Waals surface area contributed by atoms with E-state index in [2.05, 4.69) is 20.0 Å². The molecular formula is C22H25N5O3S. The molecule has 1 atom stereocenters. The van der Waals surface area contributed by atoms with Crippen molar-refractivity contribution in [2.45, 2.75) is 50.6 Å². The lowest BCUT2D eigenvalue weighted by Gasteiger charge is -2.14. The van der Waals surface area contributed by atoms with Crippen LogP contribution in [0.2, 0.25) is 0 Å². The lowest BCUT2D eigenvalue weighted by Crippen LogP contribution is -2.31. The van der Waals surface area contributed by atoms with Crippen LogP contribution in [0.25, 0.3) is 11.0 Å². The summed E-state index contributed by atoms with van der Waals surface area (Å²) < 4.78 is 29.2. The number of amidine groups is 1. The van der Waals surface area contributed by atoms with E-state index in [1.807, 2.05) is 42.7 Å². The number of nitrogens with one attached hydrogen (secondary N) is 2. The Bertz CT molecular complexity index is 1260. The monoisotopic (exact) mass is 439 g/mol. The third-order valence-electron chi connectivity index (χ3n) is 5.29. The Morgan fingerprint density at radius 1 is 1.16 bits per heavy atom. The maximum Gasteiger partial charge on any atom is 0.263 e. The zero-order valence-electron chi connectivity index (χ0n) is 17.5. The highest BCUT2D eigenvalue weighted by Gasteiger charge is 2.32. The topological polar surface area (TPSA) is 105 Å². The summed E-state index contributed by atoms with van der Waals surface area (Å²) in [5.41, 5.74) is 2.22. The van der Waals surface area contributed by atoms with Gasteiger partial charge in [0.25, 0.3) is 15.9 Å². The molecule has 1 amide bonds. The molecule has 0 radical (unpaired) electrons. The third kappa shape index (κ3) is 4.05. The van der Waals surface area contributed by atoms with Crippen LogP contribution in [0.5, 0.6) is 0 Å². The smallest absolute Gasteiger partial charge is 0.263 e. The second kappa shape index (κ2) is 8.50. The summed E-state index contributed by atoms with van der Waals surface area (Å²) in [6.45, 7) is 4.67. The molecule has 31 heavy (non-hydrogen) atoms. The first-order valence-electron chi connectivity index (χ1n) is 10.4. The molecular weight excluding hydrogens is 414 g/mol. The van der Waals surface area contributed by atoms with Gasteiger partial charge in [-0.05, 0) is 37.6 Å². The van der Waals surface area contributed by atoms with Crippen LogP contribution in [0.15, 0.2) is 58.4 Å². The zero-order chi connectivity index (χ0) is 22.0. The minimum atomic E-state index is -3.66. The van der Waals surface area contributed by atoms with E-state index in [1.165, 1.54) is 6.07 Å². The van der Waals surface area contributed by atoms with Crippen molar-refractivity contribution in [2.24, 2.45) is 4.99 Å². The second-order valence-electron chi connectivity index (χ2n) is 7.40. The SMILES string of the molecule is CCCCC(N=C1NS(=O)(=O)c2ccccc21)C(=O)Nc1nc2ccccc2n1CC. The number of nitrogens with zero attached hydrogens (tertiary/aromatic N) is 3. The van der Waals surface area contributed by atoms with Gasteiger partial charge in [0, 0.05) is 12.1 Å². The maximum atomic E-state index is 13.2. The minimum absolute atomic E-state index is 0.177. The first-order chi connectivity index (χ1) is 14.9. The van der Waals surface area contributed by atoms with Crippen LogP contribution < -0.4 is 10.0 Å². The van der Waals surface area contributed by atoms with Gasteiger partial charge in [-0.15, -0.1) is 0 Å². The summed E-state index contributed by atoms with van der Waals surface area (Å²) >= 11 is 0. The van der Waals surface area contributed by atoms with Crippen LogP contribution in [0.1, 0.15) is 38.7 Å². The zero-order valence-corrected chi connectivity index (χ0v) is 18.3. The number of carbonyl (C=O) groups is 1. The van der Waals surface area contributed by atoms with E-state index in [9.17, 15) is 13.2 Å². The van der Waals surface area contributed by atoms with Gasteiger partial charge in [-0.1, -0.05) is 44.0 Å². The van der Waals surface area contributed by atoms with Gasteiger partial charge in [0.05, 0.1) is 15.9 Å². The molecule has 1 aliphatic rings. The van der Waals surface area contributed by atoms with Gasteiger partial charge in [0.2, 0.25) is 5.95 Å². The van der Waals surface area contributed by atoms with Crippen molar-refractivity contribution in [2.75, 3.05) is 5.32 Å². The number of fused-ring (bicyclic) bond motifs is 2. The molecule has 0 spiro atoms. The average molecular weight is 440 g/mol. The van der Waals surface area contributed by atoms with Crippen molar-refractivity contribution in [3.8, 4) is 0 Å². The molecule has 2 N–H and O–H groups in total. The molecule has 3 aromatic rings. The highest BCUT2D eigenvalue weighted by molar-refractivity contribution is 7.90. The average Bonchev–Trinajstić information content (AvgIpc) is 3.24. The number of anilines is 1. The van der Waals surface area contributed by atoms with Gasteiger partial charge in [-0.3, -0.25) is 19.8 Å². The molecule has 0 fully saturated rings. The lowest BCUT2D eigenvalue weighted by molar-refractivity contribution is -0.117. The molecule has 162 valence electrons. The predicted molar refractivity (Wildman–Crippen MR) is 121 cm³/mol. The molecule has 0 bridgehead atoms. The van der Waals surface area contributed by atoms with Crippen molar-refractivity contribution in [3.63, 3.8) is 0 Å². The van der Waals surface area contributed by atoms with Crippen molar-refractivity contribution in [1.82, 2.24) is 14.3 Å². The van der Waals surface area contributed by atoms with Crippen molar-refractivity contribution in [3.05, 3.63) is 54.1 Å². The number of sulfonamides is 1. The second-order valence-corrected chi connectivity index (χ2v) is 9.05. The number of rotatable bonds is 7. The van der Waals surface area contributed by atoms with Crippen molar-refractivity contribution >= 4 is 38.7 Å². The number of hydrogen-bond donors (Lipinski definition) is 2. The highest BCUT2D eigenvalue weighted by atomic mass is 32.2. The fraction of sp³-hybridized carbons (Fsp3) is 0.318. The van der Waals surface area contributed by atoms with Gasteiger partial charge in [0.1, 0.15) is 11.9 Å². The number of aryl methyl sites for hydroxylation is 1. The van der Waals surface area contributed by atoms with Crippen molar-refractivity contribution in [1.29, 1.82) is 0 Å². The molecule has 2 aromatic carbocycles. The summed E-state index contributed by atoms with van der Waals surface area (Å²) in [5.74, 6) is 0.355. The summed E-state index contributed by atoms with van der Waals surface area (Å²) in [6, 6.07) is 13.6. The molecule has 1 aliphatic heterocycles. The van der Waals surface area contributed by atoms with Crippen molar-refractivity contribution < 1.29 is 13.2 Å². The number of aliphatic imine (C=N–C) groups is 1. The van der Waals surface area contributed by atoms with E-state index < -0.39 is 16.1 Å². The summed E-state index contributed by atoms with van der Waals surface area (Å²) in [4.78, 5) is 22.4. The largest absolute Gasteiger partial charge is 0.310 e. The highest BCUT2D eigenvalue weighted by Crippen LogP contribution is 2.24. The molecule has 4 rings (SSSR count). The standard InChI is InChI=1S/C22H25N5O3S/c1-3-5-11-17(23-20-15-10-6-9-14-19(15)31(29,30)26-20)21(28)25-22-24-16-12-7-8-13-18(16)27(22)4-2/h6-10,12-14,17H,3-5,11H2,1-2H3,(H,23,26)(H,24,25,28). The Kier molecular flexibility index (Phi) is 5.77.